The molecule has 1 aliphatic carbocycles. The van der Waals surface area contributed by atoms with Crippen molar-refractivity contribution in [3.8, 4) is 11.5 Å². The molecule has 4 rings (SSSR count). The van der Waals surface area contributed by atoms with Crippen LogP contribution in [0.2, 0.25) is 0 Å². The lowest BCUT2D eigenvalue weighted by Gasteiger charge is -2.16. The molecule has 2 aliphatic rings. The molecule has 0 aromatic heterocycles. The van der Waals surface area contributed by atoms with Crippen molar-refractivity contribution in [3.63, 3.8) is 0 Å². The molecule has 0 spiro atoms. The third kappa shape index (κ3) is 3.38. The maximum Gasteiger partial charge on any atom is 0.337 e. The second-order valence-corrected chi connectivity index (χ2v) is 6.28. The number of rotatable bonds is 5. The molecule has 2 aromatic carbocycles. The van der Waals surface area contributed by atoms with Crippen LogP contribution in [-0.2, 0) is 25.5 Å². The van der Waals surface area contributed by atoms with Crippen LogP contribution in [0.5, 0.6) is 11.5 Å². The molecule has 0 bridgehead atoms. The van der Waals surface area contributed by atoms with Gasteiger partial charge >= 0.3 is 11.9 Å². The Labute approximate surface area is 156 Å². The van der Waals surface area contributed by atoms with E-state index in [1.807, 2.05) is 42.5 Å². The summed E-state index contributed by atoms with van der Waals surface area (Å²) in [6, 6.07) is 13.0. The molecule has 0 saturated heterocycles. The first-order valence-electron chi connectivity index (χ1n) is 8.62. The highest BCUT2D eigenvalue weighted by atomic mass is 16.7. The number of aryl methyl sites for hydroxylation is 1. The topological polar surface area (TPSA) is 71.1 Å². The molecule has 6 nitrogen and oxygen atoms in total. The lowest BCUT2D eigenvalue weighted by molar-refractivity contribution is -0.149. The van der Waals surface area contributed by atoms with Crippen LogP contribution in [0.25, 0.3) is 6.08 Å². The van der Waals surface area contributed by atoms with Crippen molar-refractivity contribution in [2.75, 3.05) is 13.9 Å². The van der Waals surface area contributed by atoms with Gasteiger partial charge in [-0.1, -0.05) is 30.3 Å². The van der Waals surface area contributed by atoms with Gasteiger partial charge in [-0.15, -0.1) is 0 Å². The molecule has 1 aliphatic heterocycles. The van der Waals surface area contributed by atoms with Crippen LogP contribution >= 0.6 is 0 Å². The maximum absolute atomic E-state index is 12.4. The van der Waals surface area contributed by atoms with Crippen molar-refractivity contribution in [3.05, 3.63) is 64.7 Å². The van der Waals surface area contributed by atoms with E-state index < -0.39 is 12.1 Å². The number of benzene rings is 2. The number of methoxy groups -OCH3 is 1. The fraction of sp³-hybridized carbons (Fsp3) is 0.238. The standard InChI is InChI=1S/C21H18O6/c1-24-21(23)16-11-14-4-2-3-5-15(14)20(16)27-19(22)9-7-13-6-8-17-18(10-13)26-12-25-17/h2-6,8,10-11,20H,7,9,12H2,1H3. The van der Waals surface area contributed by atoms with E-state index in [-0.39, 0.29) is 19.2 Å². The Morgan fingerprint density at radius 1 is 1.11 bits per heavy atom. The van der Waals surface area contributed by atoms with Crippen molar-refractivity contribution in [1.29, 1.82) is 0 Å². The molecular formula is C21H18O6. The van der Waals surface area contributed by atoms with E-state index >= 15 is 0 Å². The molecule has 1 atom stereocenters. The second-order valence-electron chi connectivity index (χ2n) is 6.28. The van der Waals surface area contributed by atoms with E-state index in [0.29, 0.717) is 23.5 Å². The number of fused-ring (bicyclic) bond motifs is 2. The fourth-order valence-corrected chi connectivity index (χ4v) is 3.24. The highest BCUT2D eigenvalue weighted by Gasteiger charge is 2.33. The summed E-state index contributed by atoms with van der Waals surface area (Å²) in [5, 5.41) is 0. The van der Waals surface area contributed by atoms with Gasteiger partial charge in [0.2, 0.25) is 6.79 Å². The van der Waals surface area contributed by atoms with Gasteiger partial charge in [0.1, 0.15) is 0 Å². The van der Waals surface area contributed by atoms with Crippen LogP contribution in [-0.4, -0.2) is 25.8 Å². The van der Waals surface area contributed by atoms with E-state index in [9.17, 15) is 9.59 Å². The zero-order valence-electron chi connectivity index (χ0n) is 14.8. The van der Waals surface area contributed by atoms with Crippen molar-refractivity contribution >= 4 is 18.0 Å². The molecule has 0 N–H and O–H groups in total. The van der Waals surface area contributed by atoms with E-state index in [1.165, 1.54) is 7.11 Å². The molecular weight excluding hydrogens is 348 g/mol. The summed E-state index contributed by atoms with van der Waals surface area (Å²) in [6.07, 6.45) is 1.66. The molecule has 1 heterocycles. The Bertz CT molecular complexity index is 930. The van der Waals surface area contributed by atoms with Gasteiger partial charge < -0.3 is 18.9 Å². The van der Waals surface area contributed by atoms with Gasteiger partial charge in [-0.25, -0.2) is 4.79 Å². The van der Waals surface area contributed by atoms with Gasteiger partial charge in [-0.2, -0.15) is 0 Å². The van der Waals surface area contributed by atoms with Crippen LogP contribution in [0, 0.1) is 0 Å². The molecule has 6 heteroatoms. The van der Waals surface area contributed by atoms with Crippen LogP contribution in [0.3, 0.4) is 0 Å². The maximum atomic E-state index is 12.4. The third-order valence-electron chi connectivity index (χ3n) is 4.60. The second kappa shape index (κ2) is 7.15. The normalized spacial score (nSPS) is 16.5. The summed E-state index contributed by atoms with van der Waals surface area (Å²) < 4.78 is 21.1. The first kappa shape index (κ1) is 17.1. The molecule has 0 fully saturated rings. The van der Waals surface area contributed by atoms with Crippen molar-refractivity contribution in [2.45, 2.75) is 18.9 Å². The van der Waals surface area contributed by atoms with Crippen molar-refractivity contribution in [1.82, 2.24) is 0 Å². The number of carbonyl (C=O) groups excluding carboxylic acids is 2. The molecule has 0 saturated carbocycles. The highest BCUT2D eigenvalue weighted by molar-refractivity contribution is 5.98. The predicted molar refractivity (Wildman–Crippen MR) is 96.2 cm³/mol. The summed E-state index contributed by atoms with van der Waals surface area (Å²) in [4.78, 5) is 24.5. The minimum atomic E-state index is -0.738. The van der Waals surface area contributed by atoms with Crippen LogP contribution < -0.4 is 9.47 Å². The Hall–Kier alpha value is -3.28. The molecule has 27 heavy (non-hydrogen) atoms. The average Bonchev–Trinajstić information content (AvgIpc) is 3.30. The number of carbonyl (C=O) groups is 2. The molecule has 138 valence electrons. The first-order chi connectivity index (χ1) is 13.2. The van der Waals surface area contributed by atoms with Crippen molar-refractivity contribution < 1.29 is 28.5 Å². The van der Waals surface area contributed by atoms with E-state index in [4.69, 9.17) is 18.9 Å². The monoisotopic (exact) mass is 366 g/mol. The summed E-state index contributed by atoms with van der Waals surface area (Å²) >= 11 is 0. The summed E-state index contributed by atoms with van der Waals surface area (Å²) in [5.41, 5.74) is 2.92. The van der Waals surface area contributed by atoms with E-state index in [0.717, 1.165) is 16.7 Å². The lowest BCUT2D eigenvalue weighted by atomic mass is 10.1. The number of hydrogen-bond acceptors (Lipinski definition) is 6. The summed E-state index contributed by atoms with van der Waals surface area (Å²) in [7, 11) is 1.31. The first-order valence-corrected chi connectivity index (χ1v) is 8.62. The number of ether oxygens (including phenoxy) is 4. The van der Waals surface area contributed by atoms with Crippen LogP contribution in [0.1, 0.15) is 29.2 Å². The third-order valence-corrected chi connectivity index (χ3v) is 4.60. The van der Waals surface area contributed by atoms with Gasteiger partial charge in [-0.3, -0.25) is 4.79 Å². The average molecular weight is 366 g/mol. The Morgan fingerprint density at radius 3 is 2.78 bits per heavy atom. The van der Waals surface area contributed by atoms with Gasteiger partial charge in [0.15, 0.2) is 17.6 Å². The Morgan fingerprint density at radius 2 is 1.93 bits per heavy atom. The molecule has 2 aromatic rings. The van der Waals surface area contributed by atoms with E-state index in [2.05, 4.69) is 0 Å². The minimum Gasteiger partial charge on any atom is -0.466 e. The van der Waals surface area contributed by atoms with Crippen LogP contribution in [0.4, 0.5) is 0 Å². The highest BCUT2D eigenvalue weighted by Crippen LogP contribution is 2.38. The summed E-state index contributed by atoms with van der Waals surface area (Å²) in [5.74, 6) is 0.502. The lowest BCUT2D eigenvalue weighted by Crippen LogP contribution is -2.17. The summed E-state index contributed by atoms with van der Waals surface area (Å²) in [6.45, 7) is 0.213. The van der Waals surface area contributed by atoms with Gasteiger partial charge in [-0.05, 0) is 35.8 Å². The van der Waals surface area contributed by atoms with Crippen LogP contribution in [0.15, 0.2) is 48.0 Å². The number of esters is 2. The quantitative estimate of drug-likeness (QED) is 0.757. The zero-order valence-corrected chi connectivity index (χ0v) is 14.8. The SMILES string of the molecule is COC(=O)C1=Cc2ccccc2C1OC(=O)CCc1ccc2c(c1)OCO2. The molecule has 0 amide bonds. The molecule has 0 radical (unpaired) electrons. The van der Waals surface area contributed by atoms with Gasteiger partial charge in [0.05, 0.1) is 12.7 Å². The Balaban J connectivity index is 1.44. The number of hydrogen-bond donors (Lipinski definition) is 0. The minimum absolute atomic E-state index is 0.187. The molecule has 1 unspecified atom stereocenters. The zero-order chi connectivity index (χ0) is 18.8. The van der Waals surface area contributed by atoms with E-state index in [1.54, 1.807) is 6.08 Å². The van der Waals surface area contributed by atoms with Gasteiger partial charge in [0, 0.05) is 12.0 Å². The largest absolute Gasteiger partial charge is 0.466 e. The Kier molecular flexibility index (Phi) is 4.54. The fourth-order valence-electron chi connectivity index (χ4n) is 3.24. The van der Waals surface area contributed by atoms with Gasteiger partial charge in [0.25, 0.3) is 0 Å². The predicted octanol–water partition coefficient (Wildman–Crippen LogP) is 3.20. The smallest absolute Gasteiger partial charge is 0.337 e. The van der Waals surface area contributed by atoms with Crippen molar-refractivity contribution in [2.24, 2.45) is 0 Å².